The molecule has 0 nitrogen and oxygen atoms in total. The SMILES string of the molecule is CC1=CC(c2ccc(-c3ccccc3)s2)=CCC1. The quantitative estimate of drug-likeness (QED) is 0.658. The maximum Gasteiger partial charge on any atom is 0.0349 e. The highest BCUT2D eigenvalue weighted by molar-refractivity contribution is 7.16. The molecular formula is C17H16S. The maximum absolute atomic E-state index is 2.35. The summed E-state index contributed by atoms with van der Waals surface area (Å²) in [5.74, 6) is 0. The molecule has 1 aromatic carbocycles. The highest BCUT2D eigenvalue weighted by Gasteiger charge is 2.08. The van der Waals surface area contributed by atoms with E-state index in [1.54, 1.807) is 0 Å². The van der Waals surface area contributed by atoms with E-state index >= 15 is 0 Å². The molecule has 0 bridgehead atoms. The van der Waals surface area contributed by atoms with E-state index in [0.29, 0.717) is 0 Å². The van der Waals surface area contributed by atoms with Crippen molar-refractivity contribution >= 4 is 16.9 Å². The lowest BCUT2D eigenvalue weighted by molar-refractivity contribution is 0.966. The predicted octanol–water partition coefficient (Wildman–Crippen LogP) is 5.54. The first-order chi connectivity index (χ1) is 8.83. The minimum absolute atomic E-state index is 1.18. The van der Waals surface area contributed by atoms with E-state index in [-0.39, 0.29) is 0 Å². The number of benzene rings is 1. The Morgan fingerprint density at radius 3 is 2.50 bits per heavy atom. The third-order valence-electron chi connectivity index (χ3n) is 3.25. The van der Waals surface area contributed by atoms with Gasteiger partial charge >= 0.3 is 0 Å². The summed E-state index contributed by atoms with van der Waals surface area (Å²) in [5, 5.41) is 0. The van der Waals surface area contributed by atoms with Crippen LogP contribution in [-0.4, -0.2) is 0 Å². The first-order valence-electron chi connectivity index (χ1n) is 6.36. The van der Waals surface area contributed by atoms with Gasteiger partial charge < -0.3 is 0 Å². The average molecular weight is 252 g/mol. The molecule has 2 aromatic rings. The standard InChI is InChI=1S/C17H16S/c1-13-6-5-9-15(12-13)17-11-10-16(18-17)14-7-3-2-4-8-14/h2-4,7-12H,5-6H2,1H3. The van der Waals surface area contributed by atoms with Crippen LogP contribution in [0.1, 0.15) is 24.6 Å². The topological polar surface area (TPSA) is 0 Å². The third-order valence-corrected chi connectivity index (χ3v) is 4.44. The molecule has 3 rings (SSSR count). The van der Waals surface area contributed by atoms with E-state index in [1.165, 1.54) is 39.3 Å². The summed E-state index contributed by atoms with van der Waals surface area (Å²) in [6.45, 7) is 2.22. The van der Waals surface area contributed by atoms with Crippen molar-refractivity contribution in [2.24, 2.45) is 0 Å². The minimum Gasteiger partial charge on any atom is -0.135 e. The zero-order valence-electron chi connectivity index (χ0n) is 10.5. The van der Waals surface area contributed by atoms with E-state index in [1.807, 2.05) is 11.3 Å². The molecule has 0 unspecified atom stereocenters. The Hall–Kier alpha value is -1.60. The number of thiophene rings is 1. The van der Waals surface area contributed by atoms with Gasteiger partial charge in [-0.25, -0.2) is 0 Å². The molecule has 0 amide bonds. The molecular weight excluding hydrogens is 236 g/mol. The zero-order chi connectivity index (χ0) is 12.4. The van der Waals surface area contributed by atoms with Crippen LogP contribution < -0.4 is 0 Å². The normalized spacial score (nSPS) is 15.2. The van der Waals surface area contributed by atoms with Gasteiger partial charge in [0.15, 0.2) is 0 Å². The highest BCUT2D eigenvalue weighted by Crippen LogP contribution is 2.34. The van der Waals surface area contributed by atoms with E-state index < -0.39 is 0 Å². The fourth-order valence-corrected chi connectivity index (χ4v) is 3.30. The van der Waals surface area contributed by atoms with Crippen molar-refractivity contribution in [3.63, 3.8) is 0 Å². The highest BCUT2D eigenvalue weighted by atomic mass is 32.1. The summed E-state index contributed by atoms with van der Waals surface area (Å²) in [5.41, 5.74) is 4.19. The van der Waals surface area contributed by atoms with Crippen molar-refractivity contribution in [2.45, 2.75) is 19.8 Å². The number of hydrogen-bond acceptors (Lipinski definition) is 1. The van der Waals surface area contributed by atoms with Gasteiger partial charge in [-0.15, -0.1) is 11.3 Å². The maximum atomic E-state index is 2.35. The van der Waals surface area contributed by atoms with Crippen molar-refractivity contribution < 1.29 is 0 Å². The van der Waals surface area contributed by atoms with Gasteiger partial charge in [-0.2, -0.15) is 0 Å². The first-order valence-corrected chi connectivity index (χ1v) is 7.17. The second kappa shape index (κ2) is 4.95. The largest absolute Gasteiger partial charge is 0.135 e. The Morgan fingerprint density at radius 2 is 1.72 bits per heavy atom. The number of rotatable bonds is 2. The van der Waals surface area contributed by atoms with Crippen LogP contribution in [0.3, 0.4) is 0 Å². The molecule has 1 aromatic heterocycles. The molecule has 1 aliphatic carbocycles. The van der Waals surface area contributed by atoms with Crippen LogP contribution in [0.25, 0.3) is 16.0 Å². The van der Waals surface area contributed by atoms with Gasteiger partial charge in [-0.1, -0.05) is 48.1 Å². The third kappa shape index (κ3) is 2.32. The first kappa shape index (κ1) is 11.5. The molecule has 1 heteroatoms. The fourth-order valence-electron chi connectivity index (χ4n) is 2.27. The molecule has 0 atom stereocenters. The second-order valence-electron chi connectivity index (χ2n) is 4.72. The van der Waals surface area contributed by atoms with Crippen LogP contribution in [0.4, 0.5) is 0 Å². The lowest BCUT2D eigenvalue weighted by atomic mass is 10.00. The average Bonchev–Trinajstić information content (AvgIpc) is 2.89. The van der Waals surface area contributed by atoms with Crippen molar-refractivity contribution in [2.75, 3.05) is 0 Å². The van der Waals surface area contributed by atoms with Crippen molar-refractivity contribution in [3.8, 4) is 10.4 Å². The van der Waals surface area contributed by atoms with Crippen LogP contribution in [0.2, 0.25) is 0 Å². The van der Waals surface area contributed by atoms with E-state index in [9.17, 15) is 0 Å². The summed E-state index contributed by atoms with van der Waals surface area (Å²) >= 11 is 1.88. The number of hydrogen-bond donors (Lipinski definition) is 0. The molecule has 0 fully saturated rings. The van der Waals surface area contributed by atoms with Gasteiger partial charge in [0, 0.05) is 9.75 Å². The lowest BCUT2D eigenvalue weighted by Crippen LogP contribution is -1.86. The summed E-state index contributed by atoms with van der Waals surface area (Å²) in [6, 6.07) is 15.1. The molecule has 0 saturated carbocycles. The van der Waals surface area contributed by atoms with Crippen molar-refractivity contribution in [3.05, 3.63) is 65.1 Å². The molecule has 1 aliphatic rings. The van der Waals surface area contributed by atoms with Gasteiger partial charge in [0.1, 0.15) is 0 Å². The molecule has 0 saturated heterocycles. The van der Waals surface area contributed by atoms with Gasteiger partial charge in [-0.3, -0.25) is 0 Å². The van der Waals surface area contributed by atoms with Crippen LogP contribution in [0.5, 0.6) is 0 Å². The van der Waals surface area contributed by atoms with E-state index in [4.69, 9.17) is 0 Å². The van der Waals surface area contributed by atoms with Gasteiger partial charge in [-0.05, 0) is 43.0 Å². The Kier molecular flexibility index (Phi) is 3.16. The fraction of sp³-hybridized carbons (Fsp3) is 0.176. The van der Waals surface area contributed by atoms with Crippen LogP contribution in [0, 0.1) is 0 Å². The van der Waals surface area contributed by atoms with Crippen LogP contribution >= 0.6 is 11.3 Å². The Labute approximate surface area is 112 Å². The molecule has 0 spiro atoms. The van der Waals surface area contributed by atoms with E-state index in [0.717, 1.165) is 0 Å². The van der Waals surface area contributed by atoms with E-state index in [2.05, 4.69) is 61.5 Å². The lowest BCUT2D eigenvalue weighted by Gasteiger charge is -2.08. The minimum atomic E-state index is 1.18. The second-order valence-corrected chi connectivity index (χ2v) is 5.80. The molecule has 90 valence electrons. The van der Waals surface area contributed by atoms with Crippen molar-refractivity contribution in [1.82, 2.24) is 0 Å². The smallest absolute Gasteiger partial charge is 0.0349 e. The summed E-state index contributed by atoms with van der Waals surface area (Å²) in [6.07, 6.45) is 7.06. The molecule has 0 N–H and O–H groups in total. The summed E-state index contributed by atoms with van der Waals surface area (Å²) in [7, 11) is 0. The molecule has 0 aliphatic heterocycles. The summed E-state index contributed by atoms with van der Waals surface area (Å²) in [4.78, 5) is 2.73. The van der Waals surface area contributed by atoms with Gasteiger partial charge in [0.05, 0.1) is 0 Å². The van der Waals surface area contributed by atoms with Crippen LogP contribution in [0.15, 0.2) is 60.2 Å². The zero-order valence-corrected chi connectivity index (χ0v) is 11.3. The summed E-state index contributed by atoms with van der Waals surface area (Å²) < 4.78 is 0. The Balaban J connectivity index is 1.93. The molecule has 0 radical (unpaired) electrons. The predicted molar refractivity (Wildman–Crippen MR) is 80.7 cm³/mol. The molecule has 18 heavy (non-hydrogen) atoms. The Morgan fingerprint density at radius 1 is 0.944 bits per heavy atom. The van der Waals surface area contributed by atoms with Crippen LogP contribution in [-0.2, 0) is 0 Å². The Bertz CT molecular complexity index is 600. The molecule has 1 heterocycles. The van der Waals surface area contributed by atoms with Gasteiger partial charge in [0.2, 0.25) is 0 Å². The number of allylic oxidation sites excluding steroid dienone is 4. The van der Waals surface area contributed by atoms with Crippen molar-refractivity contribution in [1.29, 1.82) is 0 Å². The monoisotopic (exact) mass is 252 g/mol. The van der Waals surface area contributed by atoms with Gasteiger partial charge in [0.25, 0.3) is 0 Å².